The highest BCUT2D eigenvalue weighted by molar-refractivity contribution is 7.98. The SMILES string of the molecule is CSCCCCCCNC(=O)c1ncccc1O. The van der Waals surface area contributed by atoms with Crippen LogP contribution in [0.15, 0.2) is 18.3 Å². The Morgan fingerprint density at radius 2 is 2.17 bits per heavy atom. The highest BCUT2D eigenvalue weighted by Crippen LogP contribution is 2.12. The van der Waals surface area contributed by atoms with Crippen molar-refractivity contribution >= 4 is 17.7 Å². The highest BCUT2D eigenvalue weighted by Gasteiger charge is 2.10. The van der Waals surface area contributed by atoms with Crippen molar-refractivity contribution in [3.05, 3.63) is 24.0 Å². The number of unbranched alkanes of at least 4 members (excludes halogenated alkanes) is 3. The summed E-state index contributed by atoms with van der Waals surface area (Å²) >= 11 is 1.86. The summed E-state index contributed by atoms with van der Waals surface area (Å²) < 4.78 is 0. The van der Waals surface area contributed by atoms with Gasteiger partial charge in [-0.1, -0.05) is 12.8 Å². The first-order valence-electron chi connectivity index (χ1n) is 6.17. The Bertz CT molecular complexity index is 372. The highest BCUT2D eigenvalue weighted by atomic mass is 32.2. The van der Waals surface area contributed by atoms with Crippen molar-refractivity contribution in [2.24, 2.45) is 0 Å². The fourth-order valence-corrected chi connectivity index (χ4v) is 2.08. The molecule has 0 fully saturated rings. The van der Waals surface area contributed by atoms with E-state index in [0.717, 1.165) is 12.8 Å². The topological polar surface area (TPSA) is 62.2 Å². The van der Waals surface area contributed by atoms with Crippen LogP contribution in [0.1, 0.15) is 36.2 Å². The zero-order valence-corrected chi connectivity index (χ0v) is 11.5. The quantitative estimate of drug-likeness (QED) is 0.711. The molecule has 100 valence electrons. The molecule has 0 aliphatic heterocycles. The van der Waals surface area contributed by atoms with Crippen LogP contribution in [0.3, 0.4) is 0 Å². The summed E-state index contributed by atoms with van der Waals surface area (Å²) in [5, 5.41) is 12.2. The molecule has 0 aliphatic rings. The Balaban J connectivity index is 2.16. The lowest BCUT2D eigenvalue weighted by atomic mass is 10.2. The number of thioether (sulfide) groups is 1. The maximum Gasteiger partial charge on any atom is 0.273 e. The molecule has 0 aromatic carbocycles. The van der Waals surface area contributed by atoms with Crippen LogP contribution in [0.5, 0.6) is 5.75 Å². The Morgan fingerprint density at radius 3 is 2.89 bits per heavy atom. The first kappa shape index (κ1) is 14.8. The number of amides is 1. The third-order valence-electron chi connectivity index (χ3n) is 2.56. The van der Waals surface area contributed by atoms with Crippen LogP contribution in [0, 0.1) is 0 Å². The van der Waals surface area contributed by atoms with Crippen molar-refractivity contribution in [1.29, 1.82) is 0 Å². The standard InChI is InChI=1S/C13H20N2O2S/c1-18-10-5-3-2-4-8-15-13(17)12-11(16)7-6-9-14-12/h6-7,9,16H,2-5,8,10H2,1H3,(H,15,17). The van der Waals surface area contributed by atoms with E-state index in [4.69, 9.17) is 0 Å². The zero-order chi connectivity index (χ0) is 13.2. The first-order chi connectivity index (χ1) is 8.75. The van der Waals surface area contributed by atoms with Gasteiger partial charge >= 0.3 is 0 Å². The second-order valence-corrected chi connectivity index (χ2v) is 5.02. The Morgan fingerprint density at radius 1 is 1.39 bits per heavy atom. The van der Waals surface area contributed by atoms with Crippen molar-refractivity contribution < 1.29 is 9.90 Å². The van der Waals surface area contributed by atoms with Crippen molar-refractivity contribution in [1.82, 2.24) is 10.3 Å². The maximum absolute atomic E-state index is 11.7. The average molecular weight is 268 g/mol. The normalized spacial score (nSPS) is 10.3. The van der Waals surface area contributed by atoms with E-state index in [1.54, 1.807) is 6.07 Å². The van der Waals surface area contributed by atoms with E-state index in [1.807, 2.05) is 11.8 Å². The second-order valence-electron chi connectivity index (χ2n) is 4.03. The van der Waals surface area contributed by atoms with Crippen molar-refractivity contribution in [2.75, 3.05) is 18.6 Å². The lowest BCUT2D eigenvalue weighted by molar-refractivity contribution is 0.0945. The number of carbonyl (C=O) groups is 1. The first-order valence-corrected chi connectivity index (χ1v) is 7.56. The fourth-order valence-electron chi connectivity index (χ4n) is 1.58. The van der Waals surface area contributed by atoms with Gasteiger partial charge in [0.1, 0.15) is 5.75 Å². The van der Waals surface area contributed by atoms with Gasteiger partial charge in [-0.25, -0.2) is 4.98 Å². The number of rotatable bonds is 8. The lowest BCUT2D eigenvalue weighted by Crippen LogP contribution is -2.25. The molecule has 0 aliphatic carbocycles. The number of hydrogen-bond donors (Lipinski definition) is 2. The van der Waals surface area contributed by atoms with Crippen LogP contribution in [0.2, 0.25) is 0 Å². The smallest absolute Gasteiger partial charge is 0.273 e. The molecule has 4 nitrogen and oxygen atoms in total. The zero-order valence-electron chi connectivity index (χ0n) is 10.7. The van der Waals surface area contributed by atoms with Crippen molar-refractivity contribution in [3.63, 3.8) is 0 Å². The predicted molar refractivity (Wildman–Crippen MR) is 75.1 cm³/mol. The monoisotopic (exact) mass is 268 g/mol. The van der Waals surface area contributed by atoms with Gasteiger partial charge in [0.25, 0.3) is 5.91 Å². The summed E-state index contributed by atoms with van der Waals surface area (Å²) in [5.41, 5.74) is 0.0971. The molecule has 0 radical (unpaired) electrons. The van der Waals surface area contributed by atoms with E-state index in [2.05, 4.69) is 16.6 Å². The van der Waals surface area contributed by atoms with Crippen LogP contribution in [-0.4, -0.2) is 34.6 Å². The largest absolute Gasteiger partial charge is 0.505 e. The molecule has 1 aromatic rings. The van der Waals surface area contributed by atoms with Crippen molar-refractivity contribution in [3.8, 4) is 5.75 Å². The van der Waals surface area contributed by atoms with Gasteiger partial charge in [-0.3, -0.25) is 4.79 Å². The molecule has 1 amide bonds. The van der Waals surface area contributed by atoms with E-state index in [-0.39, 0.29) is 17.4 Å². The molecule has 0 unspecified atom stereocenters. The van der Waals surface area contributed by atoms with Gasteiger partial charge in [-0.15, -0.1) is 0 Å². The van der Waals surface area contributed by atoms with Gasteiger partial charge in [0.15, 0.2) is 5.69 Å². The third-order valence-corrected chi connectivity index (χ3v) is 3.26. The van der Waals surface area contributed by atoms with Crippen molar-refractivity contribution in [2.45, 2.75) is 25.7 Å². The van der Waals surface area contributed by atoms with Gasteiger partial charge in [0.2, 0.25) is 0 Å². The molecule has 0 bridgehead atoms. The van der Waals surface area contributed by atoms with E-state index < -0.39 is 0 Å². The molecule has 1 rings (SSSR count). The van der Waals surface area contributed by atoms with Crippen LogP contribution in [0.25, 0.3) is 0 Å². The fraction of sp³-hybridized carbons (Fsp3) is 0.538. The molecule has 0 saturated heterocycles. The molecule has 0 saturated carbocycles. The van der Waals surface area contributed by atoms with Gasteiger partial charge in [0.05, 0.1) is 0 Å². The molecule has 5 heteroatoms. The van der Waals surface area contributed by atoms with Crippen LogP contribution >= 0.6 is 11.8 Å². The minimum atomic E-state index is -0.308. The number of nitrogens with one attached hydrogen (secondary N) is 1. The molecule has 1 heterocycles. The van der Waals surface area contributed by atoms with Gasteiger partial charge in [-0.05, 0) is 37.0 Å². The number of nitrogens with zero attached hydrogens (tertiary/aromatic N) is 1. The van der Waals surface area contributed by atoms with Gasteiger partial charge < -0.3 is 10.4 Å². The molecular formula is C13H20N2O2S. The molecule has 2 N–H and O–H groups in total. The van der Waals surface area contributed by atoms with E-state index in [1.165, 1.54) is 30.9 Å². The number of hydrogen-bond acceptors (Lipinski definition) is 4. The maximum atomic E-state index is 11.7. The minimum Gasteiger partial charge on any atom is -0.505 e. The van der Waals surface area contributed by atoms with Crippen LogP contribution in [-0.2, 0) is 0 Å². The minimum absolute atomic E-state index is 0.0741. The summed E-state index contributed by atoms with van der Waals surface area (Å²) in [5.74, 6) is 0.820. The van der Waals surface area contributed by atoms with Crippen LogP contribution < -0.4 is 5.32 Å². The number of aromatic nitrogens is 1. The summed E-state index contributed by atoms with van der Waals surface area (Å²) in [6, 6.07) is 3.06. The summed E-state index contributed by atoms with van der Waals surface area (Å²) in [6.07, 6.45) is 8.13. The molecular weight excluding hydrogens is 248 g/mol. The number of aromatic hydroxyl groups is 1. The number of pyridine rings is 1. The lowest BCUT2D eigenvalue weighted by Gasteiger charge is -2.05. The number of carbonyl (C=O) groups excluding carboxylic acids is 1. The summed E-state index contributed by atoms with van der Waals surface area (Å²) in [4.78, 5) is 15.5. The molecule has 0 atom stereocenters. The summed E-state index contributed by atoms with van der Waals surface area (Å²) in [6.45, 7) is 0.633. The Labute approximate surface area is 112 Å². The average Bonchev–Trinajstić information content (AvgIpc) is 2.38. The third kappa shape index (κ3) is 5.40. The molecule has 0 spiro atoms. The van der Waals surface area contributed by atoms with E-state index in [9.17, 15) is 9.90 Å². The molecule has 18 heavy (non-hydrogen) atoms. The van der Waals surface area contributed by atoms with E-state index in [0.29, 0.717) is 6.54 Å². The summed E-state index contributed by atoms with van der Waals surface area (Å²) in [7, 11) is 0. The van der Waals surface area contributed by atoms with Gasteiger partial charge in [0, 0.05) is 12.7 Å². The predicted octanol–water partition coefficient (Wildman–Crippen LogP) is 2.44. The van der Waals surface area contributed by atoms with Crippen LogP contribution in [0.4, 0.5) is 0 Å². The Hall–Kier alpha value is -1.23. The molecule has 1 aromatic heterocycles. The Kier molecular flexibility index (Phi) is 7.25. The van der Waals surface area contributed by atoms with E-state index >= 15 is 0 Å². The second kappa shape index (κ2) is 8.80. The van der Waals surface area contributed by atoms with Gasteiger partial charge in [-0.2, -0.15) is 11.8 Å².